The predicted octanol–water partition coefficient (Wildman–Crippen LogP) is 4.84. The van der Waals surface area contributed by atoms with Crippen LogP contribution in [0.1, 0.15) is 16.4 Å². The Morgan fingerprint density at radius 2 is 1.41 bits per heavy atom. The van der Waals surface area contributed by atoms with E-state index >= 15 is 0 Å². The number of amides is 3. The number of thioether (sulfide) groups is 1. The Morgan fingerprint density at radius 3 is 2.07 bits per heavy atom. The number of carbonyl (C=O) groups excluding carboxylic acids is 2. The lowest BCUT2D eigenvalue weighted by molar-refractivity contribution is -0.129. The van der Waals surface area contributed by atoms with Crippen molar-refractivity contribution in [1.82, 2.24) is 4.90 Å². The molecule has 144 valence electrons. The molecule has 5 rings (SSSR count). The molecule has 0 aromatic heterocycles. The van der Waals surface area contributed by atoms with Crippen molar-refractivity contribution in [3.63, 3.8) is 0 Å². The fourth-order valence-electron chi connectivity index (χ4n) is 4.05. The van der Waals surface area contributed by atoms with Gasteiger partial charge in [0.15, 0.2) is 0 Å². The van der Waals surface area contributed by atoms with Crippen LogP contribution >= 0.6 is 11.8 Å². The van der Waals surface area contributed by atoms with Gasteiger partial charge in [-0.05, 0) is 23.3 Å². The van der Waals surface area contributed by atoms with Gasteiger partial charge >= 0.3 is 6.03 Å². The molecule has 0 radical (unpaired) electrons. The molecule has 3 aromatic rings. The number of hydrogen-bond donors (Lipinski definition) is 0. The molecule has 2 saturated heterocycles. The van der Waals surface area contributed by atoms with Crippen molar-refractivity contribution in [1.29, 1.82) is 0 Å². The highest BCUT2D eigenvalue weighted by Gasteiger charge is 2.65. The van der Waals surface area contributed by atoms with Gasteiger partial charge in [0, 0.05) is 18.8 Å². The van der Waals surface area contributed by atoms with Crippen LogP contribution in [0.2, 0.25) is 0 Å². The monoisotopic (exact) mass is 400 g/mol. The minimum atomic E-state index is -0.745. The van der Waals surface area contributed by atoms with Crippen LogP contribution < -0.4 is 4.90 Å². The lowest BCUT2D eigenvalue weighted by Crippen LogP contribution is -2.42. The van der Waals surface area contributed by atoms with E-state index < -0.39 is 4.75 Å². The standard InChI is InChI=1S/C24H20N2O2S/c27-22(26-17-16-25(23(26)28)20-14-8-3-9-15-20)24(19-12-6-2-7-13-19)21(29-24)18-10-4-1-5-11-18/h1-15,21H,16-17H2/t21-,24+/m1/s1. The van der Waals surface area contributed by atoms with E-state index in [1.165, 1.54) is 4.90 Å². The molecular weight excluding hydrogens is 380 g/mol. The third-order valence-electron chi connectivity index (χ3n) is 5.56. The van der Waals surface area contributed by atoms with Crippen LogP contribution in [0, 0.1) is 0 Å². The number of imide groups is 1. The van der Waals surface area contributed by atoms with Crippen molar-refractivity contribution in [2.75, 3.05) is 18.0 Å². The van der Waals surface area contributed by atoms with Crippen LogP contribution in [-0.4, -0.2) is 29.9 Å². The molecule has 2 heterocycles. The summed E-state index contributed by atoms with van der Waals surface area (Å²) in [5, 5.41) is 0.0113. The Labute approximate surface area is 174 Å². The van der Waals surface area contributed by atoms with Crippen LogP contribution in [0.5, 0.6) is 0 Å². The van der Waals surface area contributed by atoms with Gasteiger partial charge in [-0.3, -0.25) is 14.6 Å². The molecule has 0 bridgehead atoms. The molecule has 0 unspecified atom stereocenters. The van der Waals surface area contributed by atoms with Crippen molar-refractivity contribution in [2.24, 2.45) is 0 Å². The van der Waals surface area contributed by atoms with Gasteiger partial charge in [-0.15, -0.1) is 11.8 Å². The van der Waals surface area contributed by atoms with Gasteiger partial charge in [0.25, 0.3) is 5.91 Å². The van der Waals surface area contributed by atoms with Gasteiger partial charge in [0.05, 0.1) is 5.25 Å². The van der Waals surface area contributed by atoms with Crippen molar-refractivity contribution in [3.05, 3.63) is 102 Å². The average molecular weight is 401 g/mol. The number of anilines is 1. The largest absolute Gasteiger partial charge is 0.331 e. The molecule has 0 N–H and O–H groups in total. The highest BCUT2D eigenvalue weighted by Crippen LogP contribution is 2.71. The second kappa shape index (κ2) is 7.08. The highest BCUT2D eigenvalue weighted by atomic mass is 32.2. The molecule has 29 heavy (non-hydrogen) atoms. The Bertz CT molecular complexity index is 1040. The lowest BCUT2D eigenvalue weighted by atomic mass is 9.90. The molecular formula is C24H20N2O2S. The molecule has 2 atom stereocenters. The lowest BCUT2D eigenvalue weighted by Gasteiger charge is -2.23. The van der Waals surface area contributed by atoms with Crippen LogP contribution in [0.4, 0.5) is 10.5 Å². The zero-order chi connectivity index (χ0) is 19.8. The van der Waals surface area contributed by atoms with Crippen molar-refractivity contribution in [3.8, 4) is 0 Å². The maximum atomic E-state index is 13.8. The van der Waals surface area contributed by atoms with E-state index in [0.29, 0.717) is 13.1 Å². The van der Waals surface area contributed by atoms with E-state index in [2.05, 4.69) is 12.1 Å². The zero-order valence-corrected chi connectivity index (χ0v) is 16.6. The molecule has 4 nitrogen and oxygen atoms in total. The van der Waals surface area contributed by atoms with E-state index in [4.69, 9.17) is 0 Å². The zero-order valence-electron chi connectivity index (χ0n) is 15.8. The quantitative estimate of drug-likeness (QED) is 0.589. The second-order valence-electron chi connectivity index (χ2n) is 7.24. The first-order chi connectivity index (χ1) is 14.2. The Morgan fingerprint density at radius 1 is 0.828 bits per heavy atom. The van der Waals surface area contributed by atoms with Gasteiger partial charge in [-0.2, -0.15) is 0 Å². The molecule has 2 aliphatic rings. The summed E-state index contributed by atoms with van der Waals surface area (Å²) in [6.07, 6.45) is 0. The first-order valence-corrected chi connectivity index (χ1v) is 10.6. The molecule has 3 amide bonds. The molecule has 0 spiro atoms. The number of carbonyl (C=O) groups is 2. The Hall–Kier alpha value is -3.05. The minimum Gasteiger partial charge on any atom is -0.292 e. The third-order valence-corrected chi connectivity index (χ3v) is 7.19. The van der Waals surface area contributed by atoms with E-state index in [1.807, 2.05) is 78.9 Å². The van der Waals surface area contributed by atoms with Crippen molar-refractivity contribution in [2.45, 2.75) is 10.00 Å². The SMILES string of the molecule is O=C1N(C(=O)[C@@]2(c3ccccc3)S[C@@H]2c2ccccc2)CCN1c1ccccc1. The van der Waals surface area contributed by atoms with Gasteiger partial charge in [-0.1, -0.05) is 78.9 Å². The summed E-state index contributed by atoms with van der Waals surface area (Å²) >= 11 is 1.62. The van der Waals surface area contributed by atoms with Crippen molar-refractivity contribution >= 4 is 29.4 Å². The second-order valence-corrected chi connectivity index (χ2v) is 8.59. The normalized spacial score (nSPS) is 23.3. The smallest absolute Gasteiger partial charge is 0.292 e. The van der Waals surface area contributed by atoms with E-state index in [1.54, 1.807) is 16.7 Å². The molecule has 5 heteroatoms. The number of hydrogen-bond acceptors (Lipinski definition) is 3. The average Bonchev–Trinajstić information content (AvgIpc) is 3.44. The summed E-state index contributed by atoms with van der Waals surface area (Å²) in [5.74, 6) is -0.119. The summed E-state index contributed by atoms with van der Waals surface area (Å²) in [6, 6.07) is 29.2. The number of para-hydroxylation sites is 1. The van der Waals surface area contributed by atoms with E-state index in [0.717, 1.165) is 16.8 Å². The summed E-state index contributed by atoms with van der Waals surface area (Å²) in [6.45, 7) is 0.920. The molecule has 2 fully saturated rings. The first-order valence-electron chi connectivity index (χ1n) is 9.68. The van der Waals surface area contributed by atoms with Gasteiger partial charge < -0.3 is 0 Å². The highest BCUT2D eigenvalue weighted by molar-refractivity contribution is 8.08. The van der Waals surface area contributed by atoms with Crippen LogP contribution in [0.3, 0.4) is 0 Å². The fourth-order valence-corrected chi connectivity index (χ4v) is 5.50. The third kappa shape index (κ3) is 2.93. The molecule has 0 aliphatic carbocycles. The van der Waals surface area contributed by atoms with Crippen LogP contribution in [0.25, 0.3) is 0 Å². The number of nitrogens with zero attached hydrogens (tertiary/aromatic N) is 2. The number of rotatable bonds is 4. The molecule has 2 aliphatic heterocycles. The topological polar surface area (TPSA) is 40.6 Å². The Kier molecular flexibility index (Phi) is 4.40. The van der Waals surface area contributed by atoms with Crippen molar-refractivity contribution < 1.29 is 9.59 Å². The fraction of sp³-hybridized carbons (Fsp3) is 0.167. The first kappa shape index (κ1) is 18.0. The maximum absolute atomic E-state index is 13.8. The summed E-state index contributed by atoms with van der Waals surface area (Å²) < 4.78 is -0.745. The summed E-state index contributed by atoms with van der Waals surface area (Å²) in [4.78, 5) is 30.0. The van der Waals surface area contributed by atoms with Gasteiger partial charge in [-0.25, -0.2) is 4.79 Å². The minimum absolute atomic E-state index is 0.0113. The van der Waals surface area contributed by atoms with Gasteiger partial charge in [0.1, 0.15) is 4.75 Å². The van der Waals surface area contributed by atoms with Crippen LogP contribution in [-0.2, 0) is 9.54 Å². The van der Waals surface area contributed by atoms with E-state index in [9.17, 15) is 9.59 Å². The van der Waals surface area contributed by atoms with Crippen LogP contribution in [0.15, 0.2) is 91.0 Å². The molecule has 0 saturated carbocycles. The molecule has 3 aromatic carbocycles. The summed E-state index contributed by atoms with van der Waals surface area (Å²) in [5.41, 5.74) is 2.89. The number of benzene rings is 3. The predicted molar refractivity (Wildman–Crippen MR) is 116 cm³/mol. The van der Waals surface area contributed by atoms with E-state index in [-0.39, 0.29) is 17.2 Å². The maximum Gasteiger partial charge on any atom is 0.331 e. The van der Waals surface area contributed by atoms with Gasteiger partial charge in [0.2, 0.25) is 0 Å². The Balaban J connectivity index is 1.48. The summed E-state index contributed by atoms with van der Waals surface area (Å²) in [7, 11) is 0. The number of urea groups is 1.